The Morgan fingerprint density at radius 2 is 2.06 bits per heavy atom. The van der Waals surface area contributed by atoms with Crippen LogP contribution in [0.25, 0.3) is 0 Å². The van der Waals surface area contributed by atoms with Gasteiger partial charge >= 0.3 is 5.97 Å². The van der Waals surface area contributed by atoms with Crippen LogP contribution in [0.4, 0.5) is 0 Å². The molecule has 16 heavy (non-hydrogen) atoms. The molecule has 0 aliphatic heterocycles. The van der Waals surface area contributed by atoms with E-state index in [1.54, 1.807) is 0 Å². The Labute approximate surface area is 96.6 Å². The smallest absolute Gasteiger partial charge is 0.338 e. The molecule has 1 aromatic rings. The van der Waals surface area contributed by atoms with Crippen LogP contribution in [0.3, 0.4) is 0 Å². The third-order valence-corrected chi connectivity index (χ3v) is 3.20. The standard InChI is InChI=1S/C14H18O2/c1-3-16-14(15)12-8-10(2)13-7-5-4-6-11(13)9-12/h8-9H,3-7H2,1-2H3. The highest BCUT2D eigenvalue weighted by atomic mass is 16.5. The van der Waals surface area contributed by atoms with Gasteiger partial charge in [0.05, 0.1) is 12.2 Å². The lowest BCUT2D eigenvalue weighted by Crippen LogP contribution is -2.10. The molecule has 0 unspecified atom stereocenters. The molecule has 0 spiro atoms. The van der Waals surface area contributed by atoms with Gasteiger partial charge in [-0.15, -0.1) is 0 Å². The molecule has 2 nitrogen and oxygen atoms in total. The van der Waals surface area contributed by atoms with Gasteiger partial charge in [-0.05, 0) is 68.4 Å². The van der Waals surface area contributed by atoms with E-state index in [1.165, 1.54) is 29.5 Å². The zero-order valence-corrected chi connectivity index (χ0v) is 10.0. The largest absolute Gasteiger partial charge is 0.462 e. The molecule has 0 bridgehead atoms. The van der Waals surface area contributed by atoms with Crippen molar-refractivity contribution in [3.63, 3.8) is 0 Å². The van der Waals surface area contributed by atoms with Crippen LogP contribution in [-0.4, -0.2) is 12.6 Å². The SMILES string of the molecule is CCOC(=O)c1cc(C)c2c(c1)CCCC2. The molecular formula is C14H18O2. The van der Waals surface area contributed by atoms with Crippen LogP contribution in [-0.2, 0) is 17.6 Å². The summed E-state index contributed by atoms with van der Waals surface area (Å²) >= 11 is 0. The van der Waals surface area contributed by atoms with Gasteiger partial charge in [-0.2, -0.15) is 0 Å². The van der Waals surface area contributed by atoms with E-state index in [0.29, 0.717) is 12.2 Å². The molecule has 2 rings (SSSR count). The average molecular weight is 218 g/mol. The Kier molecular flexibility index (Phi) is 3.28. The van der Waals surface area contributed by atoms with Crippen LogP contribution in [0.2, 0.25) is 0 Å². The van der Waals surface area contributed by atoms with Crippen LogP contribution < -0.4 is 0 Å². The molecule has 0 saturated heterocycles. The number of esters is 1. The molecule has 1 aliphatic rings. The fraction of sp³-hybridized carbons (Fsp3) is 0.500. The molecule has 0 saturated carbocycles. The van der Waals surface area contributed by atoms with Crippen LogP contribution in [0.15, 0.2) is 12.1 Å². The fourth-order valence-corrected chi connectivity index (χ4v) is 2.42. The number of carbonyl (C=O) groups is 1. The summed E-state index contributed by atoms with van der Waals surface area (Å²) in [7, 11) is 0. The number of hydrogen-bond acceptors (Lipinski definition) is 2. The quantitative estimate of drug-likeness (QED) is 0.713. The molecule has 0 aromatic heterocycles. The topological polar surface area (TPSA) is 26.3 Å². The van der Waals surface area contributed by atoms with E-state index in [-0.39, 0.29) is 5.97 Å². The molecule has 0 radical (unpaired) electrons. The van der Waals surface area contributed by atoms with Crippen LogP contribution in [0, 0.1) is 6.92 Å². The van der Waals surface area contributed by atoms with Crippen molar-refractivity contribution in [3.05, 3.63) is 34.4 Å². The second-order valence-electron chi connectivity index (χ2n) is 4.36. The summed E-state index contributed by atoms with van der Waals surface area (Å²) in [5.74, 6) is -0.195. The Bertz CT molecular complexity index is 407. The maximum atomic E-state index is 11.7. The minimum atomic E-state index is -0.195. The zero-order chi connectivity index (χ0) is 11.5. The zero-order valence-electron chi connectivity index (χ0n) is 10.0. The number of aryl methyl sites for hydroxylation is 2. The van der Waals surface area contributed by atoms with Crippen molar-refractivity contribution < 1.29 is 9.53 Å². The van der Waals surface area contributed by atoms with Crippen molar-refractivity contribution in [1.82, 2.24) is 0 Å². The summed E-state index contributed by atoms with van der Waals surface area (Å²) < 4.78 is 5.04. The Balaban J connectivity index is 2.35. The summed E-state index contributed by atoms with van der Waals surface area (Å²) in [5, 5.41) is 0. The third kappa shape index (κ3) is 2.11. The van der Waals surface area contributed by atoms with Crippen molar-refractivity contribution in [1.29, 1.82) is 0 Å². The molecule has 0 heterocycles. The third-order valence-electron chi connectivity index (χ3n) is 3.20. The molecule has 1 aliphatic carbocycles. The first-order chi connectivity index (χ1) is 7.72. The number of hydrogen-bond donors (Lipinski definition) is 0. The first-order valence-electron chi connectivity index (χ1n) is 6.02. The monoisotopic (exact) mass is 218 g/mol. The highest BCUT2D eigenvalue weighted by Crippen LogP contribution is 2.26. The van der Waals surface area contributed by atoms with Gasteiger partial charge in [0.1, 0.15) is 0 Å². The molecule has 2 heteroatoms. The van der Waals surface area contributed by atoms with E-state index < -0.39 is 0 Å². The predicted molar refractivity (Wildman–Crippen MR) is 63.8 cm³/mol. The number of fused-ring (bicyclic) bond motifs is 1. The Morgan fingerprint density at radius 3 is 2.81 bits per heavy atom. The van der Waals surface area contributed by atoms with Crippen molar-refractivity contribution in [2.24, 2.45) is 0 Å². The lowest BCUT2D eigenvalue weighted by Gasteiger charge is -2.19. The van der Waals surface area contributed by atoms with E-state index in [4.69, 9.17) is 4.74 Å². The lowest BCUT2D eigenvalue weighted by molar-refractivity contribution is 0.0526. The molecule has 1 aromatic carbocycles. The molecule has 0 atom stereocenters. The maximum Gasteiger partial charge on any atom is 0.338 e. The number of rotatable bonds is 2. The predicted octanol–water partition coefficient (Wildman–Crippen LogP) is 3.05. The fourth-order valence-electron chi connectivity index (χ4n) is 2.42. The minimum Gasteiger partial charge on any atom is -0.462 e. The van der Waals surface area contributed by atoms with Gasteiger partial charge in [0.25, 0.3) is 0 Å². The summed E-state index contributed by atoms with van der Waals surface area (Å²) in [6.07, 6.45) is 4.76. The second-order valence-corrected chi connectivity index (χ2v) is 4.36. The van der Waals surface area contributed by atoms with Crippen LogP contribution in [0.5, 0.6) is 0 Å². The van der Waals surface area contributed by atoms with Gasteiger partial charge in [-0.3, -0.25) is 0 Å². The Morgan fingerprint density at radius 1 is 1.31 bits per heavy atom. The second kappa shape index (κ2) is 4.69. The van der Waals surface area contributed by atoms with E-state index in [9.17, 15) is 4.79 Å². The van der Waals surface area contributed by atoms with Crippen LogP contribution in [0.1, 0.15) is 46.8 Å². The van der Waals surface area contributed by atoms with Gasteiger partial charge < -0.3 is 4.74 Å². The average Bonchev–Trinajstić information content (AvgIpc) is 2.29. The van der Waals surface area contributed by atoms with E-state index in [0.717, 1.165) is 12.8 Å². The molecule has 0 fully saturated rings. The number of ether oxygens (including phenoxy) is 1. The summed E-state index contributed by atoms with van der Waals surface area (Å²) in [6.45, 7) is 4.37. The molecule has 0 amide bonds. The Hall–Kier alpha value is -1.31. The lowest BCUT2D eigenvalue weighted by atomic mass is 9.87. The number of carbonyl (C=O) groups excluding carboxylic acids is 1. The van der Waals surface area contributed by atoms with E-state index >= 15 is 0 Å². The van der Waals surface area contributed by atoms with Crippen molar-refractivity contribution in [2.75, 3.05) is 6.61 Å². The van der Waals surface area contributed by atoms with Crippen molar-refractivity contribution >= 4 is 5.97 Å². The van der Waals surface area contributed by atoms with Gasteiger partial charge in [0, 0.05) is 0 Å². The summed E-state index contributed by atoms with van der Waals surface area (Å²) in [4.78, 5) is 11.7. The van der Waals surface area contributed by atoms with E-state index in [1.807, 2.05) is 19.1 Å². The highest BCUT2D eigenvalue weighted by Gasteiger charge is 2.15. The van der Waals surface area contributed by atoms with Gasteiger partial charge in [-0.25, -0.2) is 4.79 Å². The molecule has 86 valence electrons. The van der Waals surface area contributed by atoms with Crippen molar-refractivity contribution in [2.45, 2.75) is 39.5 Å². The van der Waals surface area contributed by atoms with E-state index in [2.05, 4.69) is 6.92 Å². The first kappa shape index (κ1) is 11.2. The van der Waals surface area contributed by atoms with Crippen molar-refractivity contribution in [3.8, 4) is 0 Å². The maximum absolute atomic E-state index is 11.7. The minimum absolute atomic E-state index is 0.195. The first-order valence-corrected chi connectivity index (χ1v) is 6.02. The molecule has 0 N–H and O–H groups in total. The van der Waals surface area contributed by atoms with Gasteiger partial charge in [0.2, 0.25) is 0 Å². The summed E-state index contributed by atoms with van der Waals surface area (Å²) in [5.41, 5.74) is 4.73. The van der Waals surface area contributed by atoms with Crippen LogP contribution >= 0.6 is 0 Å². The van der Waals surface area contributed by atoms with Gasteiger partial charge in [0.15, 0.2) is 0 Å². The number of benzene rings is 1. The van der Waals surface area contributed by atoms with Gasteiger partial charge in [-0.1, -0.05) is 0 Å². The summed E-state index contributed by atoms with van der Waals surface area (Å²) in [6, 6.07) is 3.97. The normalized spacial score (nSPS) is 14.4. The highest BCUT2D eigenvalue weighted by molar-refractivity contribution is 5.90. The molecular weight excluding hydrogens is 200 g/mol.